The van der Waals surface area contributed by atoms with Crippen LogP contribution in [0.1, 0.15) is 39.0 Å². The van der Waals surface area contributed by atoms with Crippen LogP contribution in [0.25, 0.3) is 0 Å². The minimum atomic E-state index is 0.785. The van der Waals surface area contributed by atoms with Gasteiger partial charge in [-0.05, 0) is 45.7 Å². The molecule has 2 fully saturated rings. The van der Waals surface area contributed by atoms with Crippen molar-refractivity contribution in [2.24, 2.45) is 5.92 Å². The Morgan fingerprint density at radius 2 is 2.14 bits per heavy atom. The summed E-state index contributed by atoms with van der Waals surface area (Å²) in [7, 11) is 2.31. The molecule has 14 heavy (non-hydrogen) atoms. The van der Waals surface area contributed by atoms with Crippen LogP contribution < -0.4 is 5.32 Å². The van der Waals surface area contributed by atoms with Crippen molar-refractivity contribution in [2.45, 2.75) is 51.1 Å². The second kappa shape index (κ2) is 4.63. The summed E-state index contributed by atoms with van der Waals surface area (Å²) >= 11 is 0. The van der Waals surface area contributed by atoms with Crippen molar-refractivity contribution in [1.82, 2.24) is 10.2 Å². The number of hydrogen-bond acceptors (Lipinski definition) is 2. The molecule has 2 aliphatic rings. The molecule has 1 saturated heterocycles. The van der Waals surface area contributed by atoms with Gasteiger partial charge in [-0.2, -0.15) is 0 Å². The first-order chi connectivity index (χ1) is 6.77. The normalized spacial score (nSPS) is 30.6. The van der Waals surface area contributed by atoms with E-state index in [0.29, 0.717) is 0 Å². The second-order valence-electron chi connectivity index (χ2n) is 5.19. The van der Waals surface area contributed by atoms with E-state index < -0.39 is 0 Å². The van der Waals surface area contributed by atoms with Crippen molar-refractivity contribution in [3.8, 4) is 0 Å². The molecular weight excluding hydrogens is 172 g/mol. The van der Waals surface area contributed by atoms with E-state index in [9.17, 15) is 0 Å². The molecule has 0 aromatic heterocycles. The van der Waals surface area contributed by atoms with E-state index in [-0.39, 0.29) is 0 Å². The van der Waals surface area contributed by atoms with E-state index in [4.69, 9.17) is 0 Å². The Bertz CT molecular complexity index is 171. The Labute approximate surface area is 88.1 Å². The first kappa shape index (κ1) is 10.4. The van der Waals surface area contributed by atoms with Crippen LogP contribution in [-0.2, 0) is 0 Å². The zero-order valence-corrected chi connectivity index (χ0v) is 9.63. The molecular formula is C12H24N2. The predicted octanol–water partition coefficient (Wildman–Crippen LogP) is 1.86. The van der Waals surface area contributed by atoms with E-state index in [1.807, 2.05) is 0 Å². The SMILES string of the molecule is CC(CC1CC1)N(C)C1CCCNC1. The van der Waals surface area contributed by atoms with Crippen molar-refractivity contribution in [1.29, 1.82) is 0 Å². The molecule has 82 valence electrons. The number of rotatable bonds is 4. The average Bonchev–Trinajstić information content (AvgIpc) is 3.02. The fraction of sp³-hybridized carbons (Fsp3) is 1.00. The van der Waals surface area contributed by atoms with Crippen LogP contribution in [0.4, 0.5) is 0 Å². The number of nitrogens with zero attached hydrogens (tertiary/aromatic N) is 1. The van der Waals surface area contributed by atoms with Crippen LogP contribution in [0.5, 0.6) is 0 Å². The second-order valence-corrected chi connectivity index (χ2v) is 5.19. The van der Waals surface area contributed by atoms with E-state index in [1.165, 1.54) is 45.2 Å². The first-order valence-corrected chi connectivity index (χ1v) is 6.20. The lowest BCUT2D eigenvalue weighted by Crippen LogP contribution is -2.47. The summed E-state index contributed by atoms with van der Waals surface area (Å²) in [6.45, 7) is 4.82. The molecule has 1 heterocycles. The molecule has 2 heteroatoms. The van der Waals surface area contributed by atoms with Crippen molar-refractivity contribution >= 4 is 0 Å². The summed E-state index contributed by atoms with van der Waals surface area (Å²) in [5, 5.41) is 3.50. The summed E-state index contributed by atoms with van der Waals surface area (Å²) in [6.07, 6.45) is 7.14. The fourth-order valence-corrected chi connectivity index (χ4v) is 2.54. The zero-order valence-electron chi connectivity index (χ0n) is 9.63. The molecule has 1 N–H and O–H groups in total. The minimum Gasteiger partial charge on any atom is -0.315 e. The number of nitrogens with one attached hydrogen (secondary N) is 1. The molecule has 0 bridgehead atoms. The molecule has 0 aromatic rings. The number of likely N-dealkylation sites (N-methyl/N-ethyl adjacent to an activating group) is 1. The van der Waals surface area contributed by atoms with E-state index in [0.717, 1.165) is 18.0 Å². The van der Waals surface area contributed by atoms with Gasteiger partial charge in [0.15, 0.2) is 0 Å². The summed E-state index contributed by atoms with van der Waals surface area (Å²) in [5.74, 6) is 1.06. The molecule has 1 aliphatic heterocycles. The minimum absolute atomic E-state index is 0.785. The number of piperidine rings is 1. The lowest BCUT2D eigenvalue weighted by atomic mass is 10.0. The Balaban J connectivity index is 1.75. The monoisotopic (exact) mass is 196 g/mol. The highest BCUT2D eigenvalue weighted by molar-refractivity contribution is 4.83. The Morgan fingerprint density at radius 1 is 1.36 bits per heavy atom. The molecule has 0 spiro atoms. The highest BCUT2D eigenvalue weighted by Gasteiger charge is 2.28. The highest BCUT2D eigenvalue weighted by Crippen LogP contribution is 2.34. The van der Waals surface area contributed by atoms with E-state index >= 15 is 0 Å². The van der Waals surface area contributed by atoms with Gasteiger partial charge in [0.25, 0.3) is 0 Å². The Morgan fingerprint density at radius 3 is 2.71 bits per heavy atom. The van der Waals surface area contributed by atoms with Crippen LogP contribution in [0.15, 0.2) is 0 Å². The molecule has 0 amide bonds. The lowest BCUT2D eigenvalue weighted by Gasteiger charge is -2.36. The van der Waals surface area contributed by atoms with Crippen LogP contribution in [-0.4, -0.2) is 37.1 Å². The molecule has 0 aromatic carbocycles. The van der Waals surface area contributed by atoms with E-state index in [1.54, 1.807) is 0 Å². The number of hydrogen-bond donors (Lipinski definition) is 1. The van der Waals surface area contributed by atoms with Gasteiger partial charge >= 0.3 is 0 Å². The van der Waals surface area contributed by atoms with Gasteiger partial charge in [-0.3, -0.25) is 4.90 Å². The highest BCUT2D eigenvalue weighted by atomic mass is 15.2. The standard InChI is InChI=1S/C12H24N2/c1-10(8-11-5-6-11)14(2)12-4-3-7-13-9-12/h10-13H,3-9H2,1-2H3. The van der Waals surface area contributed by atoms with Gasteiger partial charge in [0.2, 0.25) is 0 Å². The smallest absolute Gasteiger partial charge is 0.0220 e. The van der Waals surface area contributed by atoms with Gasteiger partial charge in [0.1, 0.15) is 0 Å². The van der Waals surface area contributed by atoms with Crippen LogP contribution in [0, 0.1) is 5.92 Å². The van der Waals surface area contributed by atoms with Gasteiger partial charge < -0.3 is 5.32 Å². The summed E-state index contributed by atoms with van der Waals surface area (Å²) in [6, 6.07) is 1.57. The third kappa shape index (κ3) is 2.71. The van der Waals surface area contributed by atoms with Gasteiger partial charge in [-0.1, -0.05) is 12.8 Å². The van der Waals surface area contributed by atoms with Crippen molar-refractivity contribution in [3.63, 3.8) is 0 Å². The Hall–Kier alpha value is -0.0800. The predicted molar refractivity (Wildman–Crippen MR) is 60.5 cm³/mol. The first-order valence-electron chi connectivity index (χ1n) is 6.20. The van der Waals surface area contributed by atoms with Crippen LogP contribution >= 0.6 is 0 Å². The third-order valence-electron chi connectivity index (χ3n) is 3.91. The molecule has 2 unspecified atom stereocenters. The molecule has 1 aliphatic carbocycles. The topological polar surface area (TPSA) is 15.3 Å². The summed E-state index contributed by atoms with van der Waals surface area (Å²) in [5.41, 5.74) is 0. The maximum absolute atomic E-state index is 3.50. The Kier molecular flexibility index (Phi) is 3.45. The van der Waals surface area contributed by atoms with Gasteiger partial charge in [-0.15, -0.1) is 0 Å². The van der Waals surface area contributed by atoms with Crippen molar-refractivity contribution < 1.29 is 0 Å². The largest absolute Gasteiger partial charge is 0.315 e. The third-order valence-corrected chi connectivity index (χ3v) is 3.91. The van der Waals surface area contributed by atoms with Gasteiger partial charge in [0.05, 0.1) is 0 Å². The van der Waals surface area contributed by atoms with Crippen molar-refractivity contribution in [2.75, 3.05) is 20.1 Å². The molecule has 2 nitrogen and oxygen atoms in total. The van der Waals surface area contributed by atoms with Crippen LogP contribution in [0.2, 0.25) is 0 Å². The summed E-state index contributed by atoms with van der Waals surface area (Å²) in [4.78, 5) is 2.60. The summed E-state index contributed by atoms with van der Waals surface area (Å²) < 4.78 is 0. The lowest BCUT2D eigenvalue weighted by molar-refractivity contribution is 0.146. The zero-order chi connectivity index (χ0) is 9.97. The molecule has 0 radical (unpaired) electrons. The quantitative estimate of drug-likeness (QED) is 0.738. The molecule has 1 saturated carbocycles. The fourth-order valence-electron chi connectivity index (χ4n) is 2.54. The molecule has 2 rings (SSSR count). The maximum atomic E-state index is 3.50. The maximum Gasteiger partial charge on any atom is 0.0220 e. The van der Waals surface area contributed by atoms with Gasteiger partial charge in [-0.25, -0.2) is 0 Å². The van der Waals surface area contributed by atoms with E-state index in [2.05, 4.69) is 24.2 Å². The van der Waals surface area contributed by atoms with Crippen molar-refractivity contribution in [3.05, 3.63) is 0 Å². The average molecular weight is 196 g/mol. The van der Waals surface area contributed by atoms with Gasteiger partial charge in [0, 0.05) is 18.6 Å². The molecule has 2 atom stereocenters. The van der Waals surface area contributed by atoms with Crippen LogP contribution in [0.3, 0.4) is 0 Å².